The Kier molecular flexibility index (Phi) is 9.73. The van der Waals surface area contributed by atoms with E-state index in [1.54, 1.807) is 60.7 Å². The molecule has 1 saturated heterocycles. The van der Waals surface area contributed by atoms with E-state index in [0.717, 1.165) is 29.7 Å². The molecule has 1 aromatic heterocycles. The van der Waals surface area contributed by atoms with E-state index in [1.807, 2.05) is 6.92 Å². The number of halogens is 1. The monoisotopic (exact) mass is 619 g/mol. The lowest BCUT2D eigenvalue weighted by Gasteiger charge is -2.22. The van der Waals surface area contributed by atoms with Gasteiger partial charge in [0.1, 0.15) is 23.1 Å². The van der Waals surface area contributed by atoms with Crippen molar-refractivity contribution in [2.24, 2.45) is 0 Å². The molecule has 2 heterocycles. The number of rotatable bonds is 12. The van der Waals surface area contributed by atoms with Gasteiger partial charge >= 0.3 is 5.91 Å². The molecule has 11 heteroatoms. The molecule has 1 aliphatic heterocycles. The van der Waals surface area contributed by atoms with Crippen molar-refractivity contribution in [1.82, 2.24) is 10.2 Å². The number of benzene rings is 3. The number of aliphatic hydroxyl groups excluding tert-OH is 1. The van der Waals surface area contributed by atoms with Gasteiger partial charge in [0.15, 0.2) is 4.34 Å². The Balaban J connectivity index is 1.48. The highest BCUT2D eigenvalue weighted by Gasteiger charge is 2.48. The first-order valence-corrected chi connectivity index (χ1v) is 15.7. The number of ketones is 1. The van der Waals surface area contributed by atoms with Crippen LogP contribution in [-0.2, 0) is 15.3 Å². The number of aliphatic hydroxyl groups is 1. The molecule has 0 aliphatic carbocycles. The second-order valence-electron chi connectivity index (χ2n) is 9.66. The van der Waals surface area contributed by atoms with E-state index in [-0.39, 0.29) is 22.3 Å². The standard InChI is InChI=1S/C32H30FN3O5S2/c1-3-5-18-41-25-16-10-22(11-17-25)28(37)26-27(21-8-14-24(15-9-21)40-4-2)36(30(39)29(26)38)31-34-35-32(43-31)42-19-20-6-12-23(33)13-7-20/h6-17,27,37H,3-5,18-19H2,1-2H3/b28-26+. The van der Waals surface area contributed by atoms with Gasteiger partial charge in [0.25, 0.3) is 5.78 Å². The molecular weight excluding hydrogens is 590 g/mol. The van der Waals surface area contributed by atoms with Crippen LogP contribution in [0.25, 0.3) is 5.76 Å². The van der Waals surface area contributed by atoms with Crippen molar-refractivity contribution in [3.8, 4) is 11.5 Å². The van der Waals surface area contributed by atoms with Crippen LogP contribution in [-0.4, -0.2) is 40.2 Å². The van der Waals surface area contributed by atoms with Gasteiger partial charge in [-0.3, -0.25) is 14.5 Å². The van der Waals surface area contributed by atoms with Crippen molar-refractivity contribution in [1.29, 1.82) is 0 Å². The Morgan fingerprint density at radius 3 is 2.30 bits per heavy atom. The number of anilines is 1. The summed E-state index contributed by atoms with van der Waals surface area (Å²) in [6.45, 7) is 5.02. The minimum atomic E-state index is -0.945. The van der Waals surface area contributed by atoms with Crippen LogP contribution in [0.5, 0.6) is 11.5 Å². The van der Waals surface area contributed by atoms with E-state index in [0.29, 0.717) is 45.9 Å². The maximum atomic E-state index is 13.5. The predicted molar refractivity (Wildman–Crippen MR) is 165 cm³/mol. The smallest absolute Gasteiger partial charge is 0.301 e. The number of nitrogens with zero attached hydrogens (tertiary/aromatic N) is 3. The minimum Gasteiger partial charge on any atom is -0.507 e. The number of amides is 1. The molecule has 43 heavy (non-hydrogen) atoms. The van der Waals surface area contributed by atoms with Gasteiger partial charge in [0.05, 0.1) is 24.8 Å². The Morgan fingerprint density at radius 2 is 1.63 bits per heavy atom. The topological polar surface area (TPSA) is 102 Å². The zero-order valence-electron chi connectivity index (χ0n) is 23.7. The quantitative estimate of drug-likeness (QED) is 0.0445. The number of aromatic nitrogens is 2. The van der Waals surface area contributed by atoms with Gasteiger partial charge < -0.3 is 14.6 Å². The predicted octanol–water partition coefficient (Wildman–Crippen LogP) is 7.17. The Labute approximate surface area is 257 Å². The van der Waals surface area contributed by atoms with Gasteiger partial charge in [-0.1, -0.05) is 60.7 Å². The van der Waals surface area contributed by atoms with Crippen molar-refractivity contribution < 1.29 is 28.6 Å². The van der Waals surface area contributed by atoms with Crippen molar-refractivity contribution in [3.05, 3.63) is 101 Å². The molecule has 0 radical (unpaired) electrons. The van der Waals surface area contributed by atoms with Crippen LogP contribution in [0.1, 0.15) is 49.4 Å². The molecule has 1 amide bonds. The number of unbranched alkanes of at least 4 members (excludes halogenated alkanes) is 1. The Hall–Kier alpha value is -4.22. The summed E-state index contributed by atoms with van der Waals surface area (Å²) in [7, 11) is 0. The fraction of sp³-hybridized carbons (Fsp3) is 0.250. The summed E-state index contributed by atoms with van der Waals surface area (Å²) in [4.78, 5) is 28.3. The molecule has 222 valence electrons. The Bertz CT molecular complexity index is 1610. The molecule has 1 fully saturated rings. The van der Waals surface area contributed by atoms with E-state index in [4.69, 9.17) is 9.47 Å². The number of hydrogen-bond donors (Lipinski definition) is 1. The molecule has 0 spiro atoms. The summed E-state index contributed by atoms with van der Waals surface area (Å²) in [6, 6.07) is 19.0. The average Bonchev–Trinajstić information content (AvgIpc) is 3.59. The normalized spacial score (nSPS) is 16.1. The van der Waals surface area contributed by atoms with Gasteiger partial charge in [0, 0.05) is 11.3 Å². The van der Waals surface area contributed by atoms with E-state index in [2.05, 4.69) is 17.1 Å². The van der Waals surface area contributed by atoms with Crippen molar-refractivity contribution in [3.63, 3.8) is 0 Å². The lowest BCUT2D eigenvalue weighted by Crippen LogP contribution is -2.29. The average molecular weight is 620 g/mol. The van der Waals surface area contributed by atoms with Crippen molar-refractivity contribution >= 4 is 45.7 Å². The van der Waals surface area contributed by atoms with E-state index in [1.165, 1.54) is 28.8 Å². The fourth-order valence-corrected chi connectivity index (χ4v) is 6.36. The number of ether oxygens (including phenoxy) is 2. The maximum Gasteiger partial charge on any atom is 0.301 e. The second kappa shape index (κ2) is 13.8. The van der Waals surface area contributed by atoms with Gasteiger partial charge in [-0.2, -0.15) is 0 Å². The van der Waals surface area contributed by atoms with E-state index in [9.17, 15) is 19.1 Å². The molecule has 1 unspecified atom stereocenters. The minimum absolute atomic E-state index is 0.0514. The molecule has 1 N–H and O–H groups in total. The molecule has 0 bridgehead atoms. The van der Waals surface area contributed by atoms with Gasteiger partial charge in [-0.25, -0.2) is 4.39 Å². The summed E-state index contributed by atoms with van der Waals surface area (Å²) < 4.78 is 25.2. The number of carbonyl (C=O) groups excluding carboxylic acids is 2. The summed E-state index contributed by atoms with van der Waals surface area (Å²) in [5.74, 6) is -0.441. The third kappa shape index (κ3) is 6.89. The summed E-state index contributed by atoms with van der Waals surface area (Å²) in [5, 5.41) is 20.1. The first-order valence-electron chi connectivity index (χ1n) is 13.9. The van der Waals surface area contributed by atoms with Gasteiger partial charge in [-0.05, 0) is 73.0 Å². The molecular formula is C32H30FN3O5S2. The van der Waals surface area contributed by atoms with Crippen LogP contribution in [0.15, 0.2) is 82.7 Å². The van der Waals surface area contributed by atoms with Crippen LogP contribution in [0.2, 0.25) is 0 Å². The fourth-order valence-electron chi connectivity index (χ4n) is 4.54. The molecule has 3 aromatic carbocycles. The molecule has 0 saturated carbocycles. The van der Waals surface area contributed by atoms with Crippen LogP contribution >= 0.6 is 23.1 Å². The largest absolute Gasteiger partial charge is 0.507 e. The number of carbonyl (C=O) groups is 2. The van der Waals surface area contributed by atoms with Crippen molar-refractivity contribution in [2.45, 2.75) is 42.8 Å². The number of Topliss-reactive ketones (excluding diaryl/α,β-unsaturated/α-hetero) is 1. The summed E-state index contributed by atoms with van der Waals surface area (Å²) in [5.41, 5.74) is 1.83. The number of hydrogen-bond acceptors (Lipinski definition) is 9. The SMILES string of the molecule is CCCCOc1ccc(/C(O)=C2\C(=O)C(=O)N(c3nnc(SCc4ccc(F)cc4)s3)C2c2ccc(OCC)cc2)cc1. The summed E-state index contributed by atoms with van der Waals surface area (Å²) >= 11 is 2.55. The lowest BCUT2D eigenvalue weighted by atomic mass is 9.95. The van der Waals surface area contributed by atoms with E-state index < -0.39 is 17.7 Å². The Morgan fingerprint density at radius 1 is 0.953 bits per heavy atom. The maximum absolute atomic E-state index is 13.5. The third-order valence-corrected chi connectivity index (χ3v) is 8.85. The van der Waals surface area contributed by atoms with Crippen LogP contribution < -0.4 is 14.4 Å². The summed E-state index contributed by atoms with van der Waals surface area (Å²) in [6.07, 6.45) is 1.93. The van der Waals surface area contributed by atoms with Crippen LogP contribution in [0.3, 0.4) is 0 Å². The second-order valence-corrected chi connectivity index (χ2v) is 11.8. The molecule has 8 nitrogen and oxygen atoms in total. The lowest BCUT2D eigenvalue weighted by molar-refractivity contribution is -0.132. The first kappa shape index (κ1) is 30.2. The number of thioether (sulfide) groups is 1. The van der Waals surface area contributed by atoms with Crippen LogP contribution in [0, 0.1) is 5.82 Å². The first-order chi connectivity index (χ1) is 20.9. The highest BCUT2D eigenvalue weighted by atomic mass is 32.2. The third-order valence-electron chi connectivity index (χ3n) is 6.72. The molecule has 1 aliphatic rings. The zero-order chi connectivity index (χ0) is 30.3. The molecule has 1 atom stereocenters. The zero-order valence-corrected chi connectivity index (χ0v) is 25.3. The van der Waals surface area contributed by atoms with Crippen molar-refractivity contribution in [2.75, 3.05) is 18.1 Å². The molecule has 4 aromatic rings. The van der Waals surface area contributed by atoms with Gasteiger partial charge in [0.2, 0.25) is 5.13 Å². The highest BCUT2D eigenvalue weighted by molar-refractivity contribution is 8.00. The molecule has 5 rings (SSSR count). The van der Waals surface area contributed by atoms with Crippen LogP contribution in [0.4, 0.5) is 9.52 Å². The van der Waals surface area contributed by atoms with E-state index >= 15 is 0 Å². The highest BCUT2D eigenvalue weighted by Crippen LogP contribution is 2.44. The van der Waals surface area contributed by atoms with Gasteiger partial charge in [-0.15, -0.1) is 10.2 Å².